The maximum atomic E-state index is 12.8. The summed E-state index contributed by atoms with van der Waals surface area (Å²) in [6.07, 6.45) is 0. The molecule has 0 aliphatic rings. The average molecular weight is 399 g/mol. The van der Waals surface area contributed by atoms with E-state index < -0.39 is 10.0 Å². The summed E-state index contributed by atoms with van der Waals surface area (Å²) in [6.45, 7) is 1.90. The van der Waals surface area contributed by atoms with Gasteiger partial charge in [0.1, 0.15) is 5.52 Å². The second kappa shape index (κ2) is 6.72. The molecule has 0 spiro atoms. The van der Waals surface area contributed by atoms with Gasteiger partial charge in [0.15, 0.2) is 5.58 Å². The zero-order valence-corrected chi connectivity index (χ0v) is 15.9. The largest absolute Gasteiger partial charge is 0.436 e. The Balaban J connectivity index is 1.78. The molecule has 1 heterocycles. The third-order valence-electron chi connectivity index (χ3n) is 4.08. The maximum absolute atomic E-state index is 12.8. The number of fused-ring (bicyclic) bond motifs is 1. The van der Waals surface area contributed by atoms with Gasteiger partial charge in [-0.05, 0) is 49.4 Å². The van der Waals surface area contributed by atoms with Gasteiger partial charge in [0.05, 0.1) is 16.1 Å². The van der Waals surface area contributed by atoms with Gasteiger partial charge in [0, 0.05) is 5.02 Å². The van der Waals surface area contributed by atoms with Crippen LogP contribution in [0.5, 0.6) is 0 Å². The van der Waals surface area contributed by atoms with E-state index in [0.29, 0.717) is 33.3 Å². The molecule has 0 atom stereocenters. The number of nitrogens with zero attached hydrogens (tertiary/aromatic N) is 1. The Morgan fingerprint density at radius 1 is 1.00 bits per heavy atom. The molecule has 0 aliphatic heterocycles. The van der Waals surface area contributed by atoms with E-state index >= 15 is 0 Å². The van der Waals surface area contributed by atoms with Gasteiger partial charge in [-0.25, -0.2) is 13.4 Å². The van der Waals surface area contributed by atoms with Crippen molar-refractivity contribution in [3.8, 4) is 11.5 Å². The normalized spacial score (nSPS) is 11.6. The van der Waals surface area contributed by atoms with Crippen LogP contribution < -0.4 is 4.72 Å². The van der Waals surface area contributed by atoms with Crippen LogP contribution in [-0.4, -0.2) is 13.4 Å². The van der Waals surface area contributed by atoms with Crippen LogP contribution >= 0.6 is 11.6 Å². The molecular formula is C20H15ClN2O3S. The number of benzene rings is 3. The smallest absolute Gasteiger partial charge is 0.261 e. The highest BCUT2D eigenvalue weighted by atomic mass is 35.5. The highest BCUT2D eigenvalue weighted by Crippen LogP contribution is 2.33. The minimum absolute atomic E-state index is 0.173. The van der Waals surface area contributed by atoms with Gasteiger partial charge >= 0.3 is 0 Å². The quantitative estimate of drug-likeness (QED) is 0.509. The summed E-state index contributed by atoms with van der Waals surface area (Å²) in [6, 6.07) is 18.8. The number of sulfonamides is 1. The minimum Gasteiger partial charge on any atom is -0.436 e. The number of hydrogen-bond donors (Lipinski definition) is 1. The summed E-state index contributed by atoms with van der Waals surface area (Å²) >= 11 is 6.12. The molecule has 4 aromatic rings. The molecule has 0 aliphatic carbocycles. The number of oxazole rings is 1. The lowest BCUT2D eigenvalue weighted by Gasteiger charge is -2.11. The van der Waals surface area contributed by atoms with Gasteiger partial charge in [-0.15, -0.1) is 0 Å². The maximum Gasteiger partial charge on any atom is 0.261 e. The Hall–Kier alpha value is -2.83. The van der Waals surface area contributed by atoms with Crippen LogP contribution in [0.3, 0.4) is 0 Å². The number of halogens is 1. The van der Waals surface area contributed by atoms with Crippen molar-refractivity contribution in [2.24, 2.45) is 0 Å². The standard InChI is InChI=1S/C20H15ClN2O3S/c1-13-6-9-15(10-7-13)27(24,25)23-17-11-8-14(21)12-16(17)20-22-18-4-2-3-5-19(18)26-20/h2-12,23H,1H3. The van der Waals surface area contributed by atoms with Gasteiger partial charge in [0.25, 0.3) is 10.0 Å². The van der Waals surface area contributed by atoms with Crippen LogP contribution in [0.1, 0.15) is 5.56 Å². The van der Waals surface area contributed by atoms with Gasteiger partial charge in [-0.2, -0.15) is 0 Å². The Kier molecular flexibility index (Phi) is 4.37. The van der Waals surface area contributed by atoms with Crippen molar-refractivity contribution in [3.63, 3.8) is 0 Å². The van der Waals surface area contributed by atoms with Gasteiger partial charge in [-0.1, -0.05) is 41.4 Å². The van der Waals surface area contributed by atoms with Crippen LogP contribution in [0.4, 0.5) is 5.69 Å². The van der Waals surface area contributed by atoms with Gasteiger partial charge in [0.2, 0.25) is 5.89 Å². The molecule has 0 unspecified atom stereocenters. The molecular weight excluding hydrogens is 384 g/mol. The van der Waals surface area contributed by atoms with Gasteiger partial charge < -0.3 is 4.42 Å². The molecule has 0 amide bonds. The molecule has 27 heavy (non-hydrogen) atoms. The lowest BCUT2D eigenvalue weighted by molar-refractivity contribution is 0.601. The highest BCUT2D eigenvalue weighted by Gasteiger charge is 2.19. The predicted molar refractivity (Wildman–Crippen MR) is 106 cm³/mol. The lowest BCUT2D eigenvalue weighted by atomic mass is 10.2. The van der Waals surface area contributed by atoms with E-state index in [-0.39, 0.29) is 4.90 Å². The van der Waals surface area contributed by atoms with Crippen LogP contribution in [0.2, 0.25) is 5.02 Å². The lowest BCUT2D eigenvalue weighted by Crippen LogP contribution is -2.13. The van der Waals surface area contributed by atoms with Crippen molar-refractivity contribution in [2.75, 3.05) is 4.72 Å². The molecule has 7 heteroatoms. The van der Waals surface area contributed by atoms with E-state index in [1.54, 1.807) is 48.5 Å². The Morgan fingerprint density at radius 2 is 1.74 bits per heavy atom. The summed E-state index contributed by atoms with van der Waals surface area (Å²) in [5.41, 5.74) is 3.08. The van der Waals surface area contributed by atoms with E-state index in [1.165, 1.54) is 0 Å². The third kappa shape index (κ3) is 3.54. The van der Waals surface area contributed by atoms with Crippen LogP contribution in [0.25, 0.3) is 22.6 Å². The molecule has 0 saturated carbocycles. The van der Waals surface area contributed by atoms with Crippen molar-refractivity contribution in [2.45, 2.75) is 11.8 Å². The SMILES string of the molecule is Cc1ccc(S(=O)(=O)Nc2ccc(Cl)cc2-c2nc3ccccc3o2)cc1. The number of hydrogen-bond acceptors (Lipinski definition) is 4. The fraction of sp³-hybridized carbons (Fsp3) is 0.0500. The van der Waals surface area contributed by atoms with Crippen LogP contribution in [0.15, 0.2) is 76.0 Å². The molecule has 0 saturated heterocycles. The zero-order chi connectivity index (χ0) is 19.0. The molecule has 4 rings (SSSR count). The zero-order valence-electron chi connectivity index (χ0n) is 14.3. The number of anilines is 1. The predicted octanol–water partition coefficient (Wildman–Crippen LogP) is 5.26. The molecule has 0 fully saturated rings. The molecule has 136 valence electrons. The van der Waals surface area contributed by atoms with Crippen LogP contribution in [-0.2, 0) is 10.0 Å². The number of nitrogens with one attached hydrogen (secondary N) is 1. The van der Waals surface area contributed by atoms with Crippen molar-refractivity contribution in [1.82, 2.24) is 4.98 Å². The molecule has 0 bridgehead atoms. The van der Waals surface area contributed by atoms with E-state index in [0.717, 1.165) is 5.56 Å². The minimum atomic E-state index is -3.77. The van der Waals surface area contributed by atoms with Crippen molar-refractivity contribution in [1.29, 1.82) is 0 Å². The first kappa shape index (κ1) is 17.6. The summed E-state index contributed by atoms with van der Waals surface area (Å²) < 4.78 is 33.9. The Labute approximate surface area is 161 Å². The van der Waals surface area contributed by atoms with E-state index in [9.17, 15) is 8.42 Å². The highest BCUT2D eigenvalue weighted by molar-refractivity contribution is 7.92. The second-order valence-corrected chi connectivity index (χ2v) is 8.21. The van der Waals surface area contributed by atoms with E-state index in [1.807, 2.05) is 25.1 Å². The topological polar surface area (TPSA) is 72.2 Å². The van der Waals surface area contributed by atoms with Crippen molar-refractivity contribution in [3.05, 3.63) is 77.3 Å². The second-order valence-electron chi connectivity index (χ2n) is 6.10. The molecule has 1 N–H and O–H groups in total. The first-order chi connectivity index (χ1) is 12.9. The molecule has 0 radical (unpaired) electrons. The van der Waals surface area contributed by atoms with E-state index in [2.05, 4.69) is 9.71 Å². The third-order valence-corrected chi connectivity index (χ3v) is 5.70. The molecule has 1 aromatic heterocycles. The fourth-order valence-corrected chi connectivity index (χ4v) is 3.94. The molecule has 3 aromatic carbocycles. The monoisotopic (exact) mass is 398 g/mol. The van der Waals surface area contributed by atoms with Gasteiger partial charge in [-0.3, -0.25) is 4.72 Å². The summed E-state index contributed by atoms with van der Waals surface area (Å²) in [5.74, 6) is 0.292. The summed E-state index contributed by atoms with van der Waals surface area (Å²) in [4.78, 5) is 4.61. The van der Waals surface area contributed by atoms with Crippen LogP contribution in [0, 0.1) is 6.92 Å². The Morgan fingerprint density at radius 3 is 2.48 bits per heavy atom. The number of aryl methyl sites for hydroxylation is 1. The number of aromatic nitrogens is 1. The average Bonchev–Trinajstić information content (AvgIpc) is 3.07. The first-order valence-corrected chi connectivity index (χ1v) is 10.0. The number of rotatable bonds is 4. The van der Waals surface area contributed by atoms with Crippen molar-refractivity contribution >= 4 is 38.4 Å². The summed E-state index contributed by atoms with van der Waals surface area (Å²) in [5, 5.41) is 0.450. The first-order valence-electron chi connectivity index (χ1n) is 8.17. The molecule has 5 nitrogen and oxygen atoms in total. The fourth-order valence-electron chi connectivity index (χ4n) is 2.69. The summed E-state index contributed by atoms with van der Waals surface area (Å²) in [7, 11) is -3.77. The van der Waals surface area contributed by atoms with Crippen molar-refractivity contribution < 1.29 is 12.8 Å². The Bertz CT molecular complexity index is 1200. The number of para-hydroxylation sites is 2. The van der Waals surface area contributed by atoms with E-state index in [4.69, 9.17) is 16.0 Å².